The molecule has 34 heavy (non-hydrogen) atoms. The molecule has 4 heterocycles. The van der Waals surface area contributed by atoms with Crippen LogP contribution in [-0.2, 0) is 0 Å². The van der Waals surface area contributed by atoms with Crippen LogP contribution in [0, 0.1) is 20.8 Å². The molecule has 0 saturated heterocycles. The number of anilines is 1. The number of aromatic nitrogens is 8. The first kappa shape index (κ1) is 21.2. The lowest BCUT2D eigenvalue weighted by Gasteiger charge is -2.04. The van der Waals surface area contributed by atoms with Gasteiger partial charge in [-0.05, 0) is 20.8 Å². The first-order valence-electron chi connectivity index (χ1n) is 10.8. The van der Waals surface area contributed by atoms with Crippen LogP contribution in [0.3, 0.4) is 0 Å². The molecule has 0 aliphatic heterocycles. The highest BCUT2D eigenvalue weighted by Crippen LogP contribution is 2.20. The number of nitrogens with two attached hydrogens (primary N) is 1. The Morgan fingerprint density at radius 1 is 0.588 bits per heavy atom. The van der Waals surface area contributed by atoms with E-state index < -0.39 is 0 Å². The number of rotatable bonds is 2. The van der Waals surface area contributed by atoms with E-state index in [-0.39, 0.29) is 0 Å². The molecule has 9 nitrogen and oxygen atoms in total. The van der Waals surface area contributed by atoms with Gasteiger partial charge in [-0.2, -0.15) is 9.03 Å². The highest BCUT2D eigenvalue weighted by Gasteiger charge is 2.10. The third-order valence-corrected chi connectivity index (χ3v) is 5.07. The second kappa shape index (κ2) is 8.70. The van der Waals surface area contributed by atoms with E-state index in [0.29, 0.717) is 23.1 Å². The average Bonchev–Trinajstić information content (AvgIpc) is 3.40. The topological polar surface area (TPSA) is 112 Å². The van der Waals surface area contributed by atoms with Crippen LogP contribution >= 0.6 is 0 Å². The first-order chi connectivity index (χ1) is 16.5. The Balaban J connectivity index is 0.000000142. The van der Waals surface area contributed by atoms with Gasteiger partial charge in [-0.3, -0.25) is 0 Å². The van der Waals surface area contributed by atoms with Crippen molar-refractivity contribution in [1.82, 2.24) is 39.2 Å². The van der Waals surface area contributed by atoms with Gasteiger partial charge in [0, 0.05) is 29.0 Å². The van der Waals surface area contributed by atoms with Crippen molar-refractivity contribution in [2.45, 2.75) is 20.8 Å². The number of hydrogen-bond donors (Lipinski definition) is 1. The predicted octanol–water partition coefficient (Wildman–Crippen LogP) is 4.09. The van der Waals surface area contributed by atoms with E-state index in [1.165, 1.54) is 0 Å². The Hall–Kier alpha value is -4.66. The normalized spacial score (nSPS) is 10.9. The van der Waals surface area contributed by atoms with Gasteiger partial charge in [0.25, 0.3) is 0 Å². The van der Waals surface area contributed by atoms with Crippen LogP contribution in [0.1, 0.15) is 17.3 Å². The van der Waals surface area contributed by atoms with Gasteiger partial charge in [0.2, 0.25) is 0 Å². The van der Waals surface area contributed by atoms with Gasteiger partial charge in [-0.15, -0.1) is 10.2 Å². The summed E-state index contributed by atoms with van der Waals surface area (Å²) in [5.74, 6) is 3.45. The van der Waals surface area contributed by atoms with Crippen LogP contribution in [0.15, 0.2) is 72.8 Å². The molecule has 0 unspecified atom stereocenters. The van der Waals surface area contributed by atoms with Crippen LogP contribution < -0.4 is 5.73 Å². The number of nitrogen functional groups attached to an aromatic ring is 1. The zero-order valence-electron chi connectivity index (χ0n) is 19.1. The summed E-state index contributed by atoms with van der Waals surface area (Å²) < 4.78 is 3.50. The Morgan fingerprint density at radius 2 is 1.06 bits per heavy atom. The van der Waals surface area contributed by atoms with Crippen LogP contribution in [0.4, 0.5) is 5.82 Å². The number of hydrogen-bond acceptors (Lipinski definition) is 7. The van der Waals surface area contributed by atoms with E-state index in [9.17, 15) is 0 Å². The molecule has 0 saturated carbocycles. The lowest BCUT2D eigenvalue weighted by atomic mass is 10.2. The summed E-state index contributed by atoms with van der Waals surface area (Å²) in [6, 6.07) is 23.5. The summed E-state index contributed by atoms with van der Waals surface area (Å²) >= 11 is 0. The fraction of sp³-hybridized carbons (Fsp3) is 0.120. The second-order valence-corrected chi connectivity index (χ2v) is 7.82. The monoisotopic (exact) mass is 449 g/mol. The van der Waals surface area contributed by atoms with Crippen LogP contribution in [0.5, 0.6) is 0 Å². The second-order valence-electron chi connectivity index (χ2n) is 7.82. The molecule has 0 spiro atoms. The fourth-order valence-corrected chi connectivity index (χ4v) is 3.68. The lowest BCUT2D eigenvalue weighted by molar-refractivity contribution is 0.901. The van der Waals surface area contributed by atoms with Crippen molar-refractivity contribution >= 4 is 17.1 Å². The SMILES string of the molecule is Cc1cc2nc(C)nn2c(-c2ccccc2)n1.Cc1nc2cc(N)nc(-c3ccccc3)n2n1. The molecular formula is C25H23N9. The molecule has 0 bridgehead atoms. The standard InChI is InChI=1S/C13H12N4.C12H11N5/c1-9-8-12-15-10(2)16-17(12)13(14-9)11-6-4-3-5-7-11;1-8-14-11-7-10(13)15-12(17(11)16-8)9-5-3-2-4-6-9/h3-8H,1-2H3;2-7H,13H2,1H3. The number of fused-ring (bicyclic) bond motifs is 2. The smallest absolute Gasteiger partial charge is 0.165 e. The Morgan fingerprint density at radius 3 is 1.59 bits per heavy atom. The quantitative estimate of drug-likeness (QED) is 0.424. The predicted molar refractivity (Wildman–Crippen MR) is 131 cm³/mol. The number of benzene rings is 2. The minimum Gasteiger partial charge on any atom is -0.384 e. The number of aryl methyl sites for hydroxylation is 3. The molecule has 0 radical (unpaired) electrons. The van der Waals surface area contributed by atoms with E-state index >= 15 is 0 Å². The van der Waals surface area contributed by atoms with Crippen LogP contribution in [0.25, 0.3) is 34.1 Å². The molecule has 6 rings (SSSR count). The van der Waals surface area contributed by atoms with Gasteiger partial charge in [-0.1, -0.05) is 60.7 Å². The van der Waals surface area contributed by atoms with Crippen molar-refractivity contribution in [2.75, 3.05) is 5.73 Å². The molecule has 0 atom stereocenters. The molecule has 9 heteroatoms. The summed E-state index contributed by atoms with van der Waals surface area (Å²) in [5.41, 5.74) is 10.3. The highest BCUT2D eigenvalue weighted by molar-refractivity contribution is 5.62. The summed E-state index contributed by atoms with van der Waals surface area (Å²) in [7, 11) is 0. The van der Waals surface area contributed by atoms with E-state index in [0.717, 1.165) is 34.1 Å². The van der Waals surface area contributed by atoms with Crippen LogP contribution in [0.2, 0.25) is 0 Å². The van der Waals surface area contributed by atoms with Crippen molar-refractivity contribution in [1.29, 1.82) is 0 Å². The summed E-state index contributed by atoms with van der Waals surface area (Å²) in [5, 5.41) is 8.69. The first-order valence-corrected chi connectivity index (χ1v) is 10.8. The van der Waals surface area contributed by atoms with Gasteiger partial charge >= 0.3 is 0 Å². The third kappa shape index (κ3) is 4.18. The molecule has 2 N–H and O–H groups in total. The molecule has 6 aromatic rings. The zero-order valence-corrected chi connectivity index (χ0v) is 19.1. The molecular weight excluding hydrogens is 426 g/mol. The zero-order chi connectivity index (χ0) is 23.7. The highest BCUT2D eigenvalue weighted by atomic mass is 15.3. The van der Waals surface area contributed by atoms with Crippen molar-refractivity contribution in [3.63, 3.8) is 0 Å². The molecule has 0 amide bonds. The largest absolute Gasteiger partial charge is 0.384 e. The summed E-state index contributed by atoms with van der Waals surface area (Å²) in [4.78, 5) is 17.5. The molecule has 2 aromatic carbocycles. The minimum absolute atomic E-state index is 0.448. The Bertz CT molecular complexity index is 1460. The average molecular weight is 450 g/mol. The molecule has 168 valence electrons. The van der Waals surface area contributed by atoms with E-state index in [4.69, 9.17) is 5.73 Å². The Labute approximate surface area is 196 Å². The summed E-state index contributed by atoms with van der Waals surface area (Å²) in [6.07, 6.45) is 0. The third-order valence-electron chi connectivity index (χ3n) is 5.07. The Kier molecular flexibility index (Phi) is 5.43. The van der Waals surface area contributed by atoms with E-state index in [2.05, 4.69) is 30.1 Å². The van der Waals surface area contributed by atoms with Gasteiger partial charge in [-0.25, -0.2) is 19.9 Å². The van der Waals surface area contributed by atoms with Gasteiger partial charge in [0.1, 0.15) is 17.5 Å². The molecule has 0 fully saturated rings. The van der Waals surface area contributed by atoms with E-state index in [1.807, 2.05) is 87.5 Å². The van der Waals surface area contributed by atoms with Crippen molar-refractivity contribution in [2.24, 2.45) is 0 Å². The maximum absolute atomic E-state index is 5.78. The van der Waals surface area contributed by atoms with E-state index in [1.54, 1.807) is 15.1 Å². The van der Waals surface area contributed by atoms with Gasteiger partial charge < -0.3 is 5.73 Å². The molecule has 0 aliphatic carbocycles. The van der Waals surface area contributed by atoms with Gasteiger partial charge in [0.05, 0.1) is 0 Å². The van der Waals surface area contributed by atoms with Crippen molar-refractivity contribution in [3.8, 4) is 22.8 Å². The number of nitrogens with zero attached hydrogens (tertiary/aromatic N) is 8. The maximum atomic E-state index is 5.78. The molecule has 4 aromatic heterocycles. The van der Waals surface area contributed by atoms with Crippen molar-refractivity contribution in [3.05, 3.63) is 90.1 Å². The minimum atomic E-state index is 0.448. The van der Waals surface area contributed by atoms with Gasteiger partial charge in [0.15, 0.2) is 22.9 Å². The fourth-order valence-electron chi connectivity index (χ4n) is 3.68. The summed E-state index contributed by atoms with van der Waals surface area (Å²) in [6.45, 7) is 5.70. The lowest BCUT2D eigenvalue weighted by Crippen LogP contribution is -2.01. The molecule has 0 aliphatic rings. The maximum Gasteiger partial charge on any atom is 0.165 e. The van der Waals surface area contributed by atoms with Crippen LogP contribution in [-0.4, -0.2) is 39.2 Å². The van der Waals surface area contributed by atoms with Crippen molar-refractivity contribution < 1.29 is 0 Å².